The molecule has 0 aliphatic rings. The number of carbonyl (C=O) groups excluding carboxylic acids is 1. The molecule has 2 N–H and O–H groups in total. The van der Waals surface area contributed by atoms with Crippen molar-refractivity contribution >= 4 is 27.5 Å². The number of rotatable bonds is 6. The van der Waals surface area contributed by atoms with E-state index in [1.165, 1.54) is 6.07 Å². The summed E-state index contributed by atoms with van der Waals surface area (Å²) in [6.45, 7) is 2.30. The third kappa shape index (κ3) is 5.01. The fourth-order valence-corrected chi connectivity index (χ4v) is 1.76. The Morgan fingerprint density at radius 2 is 2.28 bits per heavy atom. The molecule has 1 aromatic rings. The first kappa shape index (κ1) is 14.9. The van der Waals surface area contributed by atoms with Gasteiger partial charge in [-0.25, -0.2) is 4.39 Å². The van der Waals surface area contributed by atoms with Crippen molar-refractivity contribution in [1.29, 1.82) is 0 Å². The van der Waals surface area contributed by atoms with Crippen molar-refractivity contribution < 1.29 is 13.9 Å². The van der Waals surface area contributed by atoms with Gasteiger partial charge in [-0.1, -0.05) is 15.9 Å². The van der Waals surface area contributed by atoms with Crippen LogP contribution in [-0.4, -0.2) is 32.2 Å². The lowest BCUT2D eigenvalue weighted by Crippen LogP contribution is -2.39. The third-order valence-electron chi connectivity index (χ3n) is 2.19. The minimum absolute atomic E-state index is 0.0204. The van der Waals surface area contributed by atoms with Crippen molar-refractivity contribution in [3.8, 4) is 0 Å². The van der Waals surface area contributed by atoms with Gasteiger partial charge >= 0.3 is 0 Å². The second-order valence-corrected chi connectivity index (χ2v) is 4.82. The Hall–Kier alpha value is -1.14. The molecule has 0 radical (unpaired) electrons. The zero-order valence-corrected chi connectivity index (χ0v) is 11.9. The topological polar surface area (TPSA) is 50.4 Å². The van der Waals surface area contributed by atoms with Crippen LogP contribution in [0.4, 0.5) is 10.1 Å². The maximum Gasteiger partial charge on any atom is 0.239 e. The highest BCUT2D eigenvalue weighted by Crippen LogP contribution is 2.18. The van der Waals surface area contributed by atoms with Gasteiger partial charge in [-0.3, -0.25) is 4.79 Å². The monoisotopic (exact) mass is 318 g/mol. The Kier molecular flexibility index (Phi) is 6.07. The van der Waals surface area contributed by atoms with Crippen LogP contribution in [0, 0.1) is 5.82 Å². The number of benzene rings is 1. The maximum absolute atomic E-state index is 13.4. The van der Waals surface area contributed by atoms with Crippen LogP contribution in [-0.2, 0) is 9.53 Å². The van der Waals surface area contributed by atoms with E-state index in [0.717, 1.165) is 0 Å². The van der Waals surface area contributed by atoms with Crippen LogP contribution in [0.25, 0.3) is 0 Å². The highest BCUT2D eigenvalue weighted by molar-refractivity contribution is 9.10. The first-order valence-corrected chi connectivity index (χ1v) is 6.29. The van der Waals surface area contributed by atoms with E-state index in [4.69, 9.17) is 4.74 Å². The van der Waals surface area contributed by atoms with Crippen molar-refractivity contribution in [3.05, 3.63) is 28.5 Å². The van der Waals surface area contributed by atoms with Crippen LogP contribution in [0.2, 0.25) is 0 Å². The summed E-state index contributed by atoms with van der Waals surface area (Å²) in [5.74, 6) is -0.607. The summed E-state index contributed by atoms with van der Waals surface area (Å²) < 4.78 is 19.0. The molecule has 4 nitrogen and oxygen atoms in total. The van der Waals surface area contributed by atoms with Crippen molar-refractivity contribution in [2.45, 2.75) is 13.0 Å². The summed E-state index contributed by atoms with van der Waals surface area (Å²) in [6, 6.07) is 4.55. The molecule has 0 saturated heterocycles. The molecular formula is C12H16BrFN2O2. The van der Waals surface area contributed by atoms with E-state index in [-0.39, 0.29) is 18.5 Å². The van der Waals surface area contributed by atoms with Gasteiger partial charge in [-0.05, 0) is 25.1 Å². The van der Waals surface area contributed by atoms with Gasteiger partial charge in [0.05, 0.1) is 18.8 Å². The standard InChI is InChI=1S/C12H16BrFN2O2/c1-8(7-18-2)16-12(17)6-15-11-4-3-9(13)5-10(11)14/h3-5,8,15H,6-7H2,1-2H3,(H,16,17). The van der Waals surface area contributed by atoms with E-state index < -0.39 is 5.82 Å². The number of methoxy groups -OCH3 is 1. The Morgan fingerprint density at radius 1 is 1.56 bits per heavy atom. The van der Waals surface area contributed by atoms with E-state index in [2.05, 4.69) is 26.6 Å². The van der Waals surface area contributed by atoms with E-state index in [1.807, 2.05) is 6.92 Å². The molecule has 6 heteroatoms. The fourth-order valence-electron chi connectivity index (χ4n) is 1.43. The second-order valence-electron chi connectivity index (χ2n) is 3.90. The number of halogens is 2. The molecule has 1 unspecified atom stereocenters. The van der Waals surface area contributed by atoms with Gasteiger partial charge in [0.15, 0.2) is 0 Å². The van der Waals surface area contributed by atoms with E-state index in [0.29, 0.717) is 16.8 Å². The van der Waals surface area contributed by atoms with Crippen LogP contribution in [0.15, 0.2) is 22.7 Å². The van der Waals surface area contributed by atoms with Gasteiger partial charge in [0.1, 0.15) is 5.82 Å². The fraction of sp³-hybridized carbons (Fsp3) is 0.417. The molecule has 18 heavy (non-hydrogen) atoms. The Labute approximate surface area is 114 Å². The molecule has 100 valence electrons. The van der Waals surface area contributed by atoms with Gasteiger partial charge in [0.25, 0.3) is 0 Å². The molecule has 0 aromatic heterocycles. The summed E-state index contributed by atoms with van der Waals surface area (Å²) >= 11 is 3.17. The predicted octanol–water partition coefficient (Wildman–Crippen LogP) is 2.15. The van der Waals surface area contributed by atoms with E-state index in [1.54, 1.807) is 19.2 Å². The lowest BCUT2D eigenvalue weighted by atomic mass is 10.3. The Balaban J connectivity index is 2.42. The van der Waals surface area contributed by atoms with Gasteiger partial charge in [-0.15, -0.1) is 0 Å². The lowest BCUT2D eigenvalue weighted by molar-refractivity contribution is -0.120. The SMILES string of the molecule is COCC(C)NC(=O)CNc1ccc(Br)cc1F. The molecule has 1 aromatic carbocycles. The third-order valence-corrected chi connectivity index (χ3v) is 2.69. The maximum atomic E-state index is 13.4. The molecule has 0 bridgehead atoms. The van der Waals surface area contributed by atoms with Crippen LogP contribution < -0.4 is 10.6 Å². The molecule has 0 fully saturated rings. The molecular weight excluding hydrogens is 303 g/mol. The van der Waals surface area contributed by atoms with Crippen LogP contribution in [0.3, 0.4) is 0 Å². The van der Waals surface area contributed by atoms with Crippen LogP contribution in [0.5, 0.6) is 0 Å². The molecule has 0 heterocycles. The molecule has 0 spiro atoms. The van der Waals surface area contributed by atoms with Crippen molar-refractivity contribution in [2.75, 3.05) is 25.6 Å². The highest BCUT2D eigenvalue weighted by Gasteiger charge is 2.08. The summed E-state index contributed by atoms with van der Waals surface area (Å²) in [4.78, 5) is 11.5. The highest BCUT2D eigenvalue weighted by atomic mass is 79.9. The average Bonchev–Trinajstić information content (AvgIpc) is 2.28. The summed E-state index contributed by atoms with van der Waals surface area (Å²) in [5.41, 5.74) is 0.299. The average molecular weight is 319 g/mol. The van der Waals surface area contributed by atoms with Gasteiger partial charge in [0.2, 0.25) is 5.91 Å². The summed E-state index contributed by atoms with van der Waals surface area (Å²) in [5, 5.41) is 5.46. The lowest BCUT2D eigenvalue weighted by Gasteiger charge is -2.13. The number of nitrogens with one attached hydrogen (secondary N) is 2. The second kappa shape index (κ2) is 7.33. The number of hydrogen-bond donors (Lipinski definition) is 2. The first-order valence-electron chi connectivity index (χ1n) is 5.50. The summed E-state index contributed by atoms with van der Waals surface area (Å²) in [6.07, 6.45) is 0. The van der Waals surface area contributed by atoms with Crippen molar-refractivity contribution in [1.82, 2.24) is 5.32 Å². The number of ether oxygens (including phenoxy) is 1. The van der Waals surface area contributed by atoms with Gasteiger partial charge in [-0.2, -0.15) is 0 Å². The quantitative estimate of drug-likeness (QED) is 0.845. The molecule has 0 aliphatic heterocycles. The van der Waals surface area contributed by atoms with Crippen molar-refractivity contribution in [2.24, 2.45) is 0 Å². The zero-order valence-electron chi connectivity index (χ0n) is 10.3. The molecule has 1 rings (SSSR count). The number of amides is 1. The van der Waals surface area contributed by atoms with E-state index >= 15 is 0 Å². The van der Waals surface area contributed by atoms with Gasteiger partial charge < -0.3 is 15.4 Å². The van der Waals surface area contributed by atoms with Crippen LogP contribution in [0.1, 0.15) is 6.92 Å². The molecule has 1 amide bonds. The van der Waals surface area contributed by atoms with Gasteiger partial charge in [0, 0.05) is 17.6 Å². The Morgan fingerprint density at radius 3 is 2.89 bits per heavy atom. The number of anilines is 1. The largest absolute Gasteiger partial charge is 0.383 e. The predicted molar refractivity (Wildman–Crippen MR) is 72.1 cm³/mol. The van der Waals surface area contributed by atoms with Crippen molar-refractivity contribution in [3.63, 3.8) is 0 Å². The number of hydrogen-bond acceptors (Lipinski definition) is 3. The minimum atomic E-state index is -0.401. The first-order chi connectivity index (χ1) is 8.52. The zero-order chi connectivity index (χ0) is 13.5. The minimum Gasteiger partial charge on any atom is -0.383 e. The number of carbonyl (C=O) groups is 1. The molecule has 1 atom stereocenters. The normalized spacial score (nSPS) is 12.0. The molecule has 0 aliphatic carbocycles. The Bertz CT molecular complexity index is 415. The van der Waals surface area contributed by atoms with E-state index in [9.17, 15) is 9.18 Å². The molecule has 0 saturated carbocycles. The van der Waals surface area contributed by atoms with Crippen LogP contribution >= 0.6 is 15.9 Å². The smallest absolute Gasteiger partial charge is 0.239 e. The summed E-state index contributed by atoms with van der Waals surface area (Å²) in [7, 11) is 1.57.